The Hall–Kier alpha value is -3.32. The molecule has 2 aromatic carbocycles. The van der Waals surface area contributed by atoms with Gasteiger partial charge in [-0.05, 0) is 42.2 Å². The zero-order valence-electron chi connectivity index (χ0n) is 15.6. The summed E-state index contributed by atoms with van der Waals surface area (Å²) in [6, 6.07) is 13.9. The molecule has 0 fully saturated rings. The van der Waals surface area contributed by atoms with Crippen molar-refractivity contribution in [1.82, 2.24) is 10.3 Å². The molecule has 1 aromatic heterocycles. The summed E-state index contributed by atoms with van der Waals surface area (Å²) in [6.45, 7) is 0.445. The Bertz CT molecular complexity index is 921. The Labute approximate surface area is 163 Å². The molecule has 0 aliphatic rings. The molecular formula is C21H23N3O4. The molecule has 3 aromatic rings. The van der Waals surface area contributed by atoms with Crippen LogP contribution in [0.3, 0.4) is 0 Å². The molecule has 28 heavy (non-hydrogen) atoms. The standard InChI is InChI=1S/C21H23N3O4/c1-27-19-5-3-2-4-15(19)10-11-23-20(26)18-13-28-21(24-18)17(22)12-14-6-8-16(25)9-7-14/h2-9,13,17,25H,10-12,22H2,1H3,(H,23,26). The number of carbonyl (C=O) groups is 1. The lowest BCUT2D eigenvalue weighted by Gasteiger charge is -2.08. The SMILES string of the molecule is COc1ccccc1CCNC(=O)c1coc(C(N)Cc2ccc(O)cc2)n1. The van der Waals surface area contributed by atoms with Crippen LogP contribution in [-0.4, -0.2) is 29.7 Å². The highest BCUT2D eigenvalue weighted by Gasteiger charge is 2.17. The van der Waals surface area contributed by atoms with Gasteiger partial charge in [-0.1, -0.05) is 30.3 Å². The van der Waals surface area contributed by atoms with Crippen LogP contribution in [-0.2, 0) is 12.8 Å². The number of ether oxygens (including phenoxy) is 1. The van der Waals surface area contributed by atoms with E-state index in [1.165, 1.54) is 6.26 Å². The number of methoxy groups -OCH3 is 1. The van der Waals surface area contributed by atoms with Gasteiger partial charge in [-0.15, -0.1) is 0 Å². The first kappa shape index (κ1) is 19.4. The third kappa shape index (κ3) is 4.89. The number of carbonyl (C=O) groups excluding carboxylic acids is 1. The molecule has 0 spiro atoms. The number of rotatable bonds is 8. The lowest BCUT2D eigenvalue weighted by Crippen LogP contribution is -2.26. The molecule has 0 radical (unpaired) electrons. The second-order valence-corrected chi connectivity index (χ2v) is 6.37. The van der Waals surface area contributed by atoms with Crippen LogP contribution in [0.25, 0.3) is 0 Å². The molecule has 0 saturated carbocycles. The number of aromatic hydroxyl groups is 1. The van der Waals surface area contributed by atoms with Crippen molar-refractivity contribution in [2.75, 3.05) is 13.7 Å². The molecular weight excluding hydrogens is 358 g/mol. The van der Waals surface area contributed by atoms with Crippen molar-refractivity contribution in [3.8, 4) is 11.5 Å². The first-order chi connectivity index (χ1) is 13.6. The van der Waals surface area contributed by atoms with Crippen LogP contribution in [0.5, 0.6) is 11.5 Å². The van der Waals surface area contributed by atoms with Crippen LogP contribution in [0.4, 0.5) is 0 Å². The van der Waals surface area contributed by atoms with Gasteiger partial charge < -0.3 is 25.3 Å². The summed E-state index contributed by atoms with van der Waals surface area (Å²) in [5.41, 5.74) is 8.27. The van der Waals surface area contributed by atoms with E-state index in [4.69, 9.17) is 14.9 Å². The number of oxazole rings is 1. The number of para-hydroxylation sites is 1. The van der Waals surface area contributed by atoms with Crippen molar-refractivity contribution in [2.24, 2.45) is 5.73 Å². The first-order valence-corrected chi connectivity index (χ1v) is 8.96. The van der Waals surface area contributed by atoms with Crippen LogP contribution < -0.4 is 15.8 Å². The van der Waals surface area contributed by atoms with Crippen LogP contribution >= 0.6 is 0 Å². The van der Waals surface area contributed by atoms with Crippen molar-refractivity contribution >= 4 is 5.91 Å². The van der Waals surface area contributed by atoms with Gasteiger partial charge in [0.2, 0.25) is 5.89 Å². The number of amides is 1. The fraction of sp³-hybridized carbons (Fsp3) is 0.238. The Balaban J connectivity index is 1.54. The van der Waals surface area contributed by atoms with Gasteiger partial charge in [0.25, 0.3) is 5.91 Å². The number of benzene rings is 2. The highest BCUT2D eigenvalue weighted by atomic mass is 16.5. The van der Waals surface area contributed by atoms with Crippen molar-refractivity contribution in [3.05, 3.63) is 77.5 Å². The maximum atomic E-state index is 12.3. The van der Waals surface area contributed by atoms with Crippen molar-refractivity contribution < 1.29 is 19.1 Å². The van der Waals surface area contributed by atoms with Crippen LogP contribution in [0.15, 0.2) is 59.2 Å². The number of phenols is 1. The van der Waals surface area contributed by atoms with Gasteiger partial charge >= 0.3 is 0 Å². The van der Waals surface area contributed by atoms with E-state index in [1.807, 2.05) is 24.3 Å². The Morgan fingerprint density at radius 1 is 1.25 bits per heavy atom. The predicted molar refractivity (Wildman–Crippen MR) is 104 cm³/mol. The van der Waals surface area contributed by atoms with E-state index in [2.05, 4.69) is 10.3 Å². The molecule has 7 nitrogen and oxygen atoms in total. The fourth-order valence-electron chi connectivity index (χ4n) is 2.85. The van der Waals surface area contributed by atoms with E-state index < -0.39 is 6.04 Å². The number of nitrogens with two attached hydrogens (primary N) is 1. The number of hydrogen-bond acceptors (Lipinski definition) is 6. The molecule has 4 N–H and O–H groups in total. The number of phenolic OH excluding ortho intramolecular Hbond substituents is 1. The Morgan fingerprint density at radius 2 is 2.00 bits per heavy atom. The van der Waals surface area contributed by atoms with E-state index in [9.17, 15) is 9.90 Å². The van der Waals surface area contributed by atoms with Crippen molar-refractivity contribution in [2.45, 2.75) is 18.9 Å². The number of nitrogens with one attached hydrogen (secondary N) is 1. The minimum atomic E-state index is -0.486. The molecule has 0 aliphatic heterocycles. The third-order valence-electron chi connectivity index (χ3n) is 4.34. The van der Waals surface area contributed by atoms with Gasteiger partial charge in [0, 0.05) is 6.54 Å². The zero-order chi connectivity index (χ0) is 19.9. The number of aromatic nitrogens is 1. The van der Waals surface area contributed by atoms with Crippen molar-refractivity contribution in [1.29, 1.82) is 0 Å². The smallest absolute Gasteiger partial charge is 0.273 e. The summed E-state index contributed by atoms with van der Waals surface area (Å²) >= 11 is 0. The molecule has 1 unspecified atom stereocenters. The molecule has 146 valence electrons. The highest BCUT2D eigenvalue weighted by Crippen LogP contribution is 2.19. The molecule has 0 aliphatic carbocycles. The van der Waals surface area contributed by atoms with Gasteiger partial charge in [-0.2, -0.15) is 0 Å². The van der Waals surface area contributed by atoms with Crippen LogP contribution in [0.2, 0.25) is 0 Å². The molecule has 0 bridgehead atoms. The van der Waals surface area contributed by atoms with E-state index in [-0.39, 0.29) is 17.4 Å². The summed E-state index contributed by atoms with van der Waals surface area (Å²) in [6.07, 6.45) is 2.43. The van der Waals surface area contributed by atoms with Gasteiger partial charge in [-0.25, -0.2) is 4.98 Å². The van der Waals surface area contributed by atoms with Gasteiger partial charge in [0.05, 0.1) is 13.2 Å². The Kier molecular flexibility index (Phi) is 6.29. The maximum absolute atomic E-state index is 12.3. The molecule has 1 heterocycles. The predicted octanol–water partition coefficient (Wildman–Crippen LogP) is 2.60. The second kappa shape index (κ2) is 9.05. The van der Waals surface area contributed by atoms with Crippen molar-refractivity contribution in [3.63, 3.8) is 0 Å². The second-order valence-electron chi connectivity index (χ2n) is 6.37. The molecule has 7 heteroatoms. The average molecular weight is 381 g/mol. The largest absolute Gasteiger partial charge is 0.508 e. The lowest BCUT2D eigenvalue weighted by molar-refractivity contribution is 0.0949. The monoisotopic (exact) mass is 381 g/mol. The third-order valence-corrected chi connectivity index (χ3v) is 4.34. The quantitative estimate of drug-likeness (QED) is 0.553. The van der Waals surface area contributed by atoms with Crippen LogP contribution in [0.1, 0.15) is 33.5 Å². The average Bonchev–Trinajstić information content (AvgIpc) is 3.20. The fourth-order valence-corrected chi connectivity index (χ4v) is 2.85. The lowest BCUT2D eigenvalue weighted by atomic mass is 10.1. The summed E-state index contributed by atoms with van der Waals surface area (Å²) in [4.78, 5) is 16.5. The van der Waals surface area contributed by atoms with Gasteiger partial charge in [0.1, 0.15) is 17.8 Å². The molecule has 1 amide bonds. The van der Waals surface area contributed by atoms with Crippen LogP contribution in [0, 0.1) is 0 Å². The summed E-state index contributed by atoms with van der Waals surface area (Å²) in [5, 5.41) is 12.2. The summed E-state index contributed by atoms with van der Waals surface area (Å²) in [5.74, 6) is 0.964. The molecule has 0 saturated heterocycles. The van der Waals surface area contributed by atoms with E-state index in [1.54, 1.807) is 31.4 Å². The number of nitrogens with zero attached hydrogens (tertiary/aromatic N) is 1. The van der Waals surface area contributed by atoms with E-state index in [0.29, 0.717) is 25.3 Å². The molecule has 1 atom stereocenters. The summed E-state index contributed by atoms with van der Waals surface area (Å²) in [7, 11) is 1.62. The van der Waals surface area contributed by atoms with Gasteiger partial charge in [-0.3, -0.25) is 4.79 Å². The van der Waals surface area contributed by atoms with E-state index in [0.717, 1.165) is 16.9 Å². The summed E-state index contributed by atoms with van der Waals surface area (Å²) < 4.78 is 10.7. The topological polar surface area (TPSA) is 111 Å². The van der Waals surface area contributed by atoms with E-state index >= 15 is 0 Å². The van der Waals surface area contributed by atoms with Gasteiger partial charge in [0.15, 0.2) is 5.69 Å². The highest BCUT2D eigenvalue weighted by molar-refractivity contribution is 5.91. The Morgan fingerprint density at radius 3 is 2.75 bits per heavy atom. The minimum Gasteiger partial charge on any atom is -0.508 e. The molecule has 3 rings (SSSR count). The number of hydrogen-bond donors (Lipinski definition) is 3. The zero-order valence-corrected chi connectivity index (χ0v) is 15.6. The minimum absolute atomic E-state index is 0.191. The normalized spacial score (nSPS) is 11.8. The maximum Gasteiger partial charge on any atom is 0.273 e. The first-order valence-electron chi connectivity index (χ1n) is 8.96.